The Hall–Kier alpha value is -3.13. The van der Waals surface area contributed by atoms with Crippen molar-refractivity contribution in [1.82, 2.24) is 5.32 Å². The third kappa shape index (κ3) is 6.18. The normalized spacial score (nSPS) is 12.9. The van der Waals surface area contributed by atoms with Crippen molar-refractivity contribution in [2.24, 2.45) is 0 Å². The van der Waals surface area contributed by atoms with Crippen molar-refractivity contribution in [2.45, 2.75) is 25.3 Å². The molecule has 1 aliphatic carbocycles. The molecular formula is C20H20ClN3O5. The van der Waals surface area contributed by atoms with Crippen molar-refractivity contribution in [3.05, 3.63) is 68.7 Å². The lowest BCUT2D eigenvalue weighted by molar-refractivity contribution is -0.384. The van der Waals surface area contributed by atoms with E-state index in [4.69, 9.17) is 16.3 Å². The molecule has 2 N–H and O–H groups in total. The zero-order valence-corrected chi connectivity index (χ0v) is 16.3. The third-order valence-corrected chi connectivity index (χ3v) is 4.56. The molecule has 0 bridgehead atoms. The van der Waals surface area contributed by atoms with Crippen LogP contribution in [-0.2, 0) is 16.0 Å². The van der Waals surface area contributed by atoms with Gasteiger partial charge in [-0.05, 0) is 49.1 Å². The summed E-state index contributed by atoms with van der Waals surface area (Å²) in [6.07, 6.45) is 2.52. The lowest BCUT2D eigenvalue weighted by Gasteiger charge is -2.09. The van der Waals surface area contributed by atoms with Crippen LogP contribution >= 0.6 is 11.6 Å². The standard InChI is InChI=1S/C20H20ClN3O5/c21-15-3-1-2-13(10-15)8-9-22-19(25)12-29-20(26)14-4-7-17(23-16-5-6-16)18(11-14)24(27)28/h1-4,7,10-11,16,23H,5-6,8-9,12H2,(H,22,25). The number of hydrogen-bond acceptors (Lipinski definition) is 6. The molecule has 0 aliphatic heterocycles. The van der Waals surface area contributed by atoms with Gasteiger partial charge in [0.15, 0.2) is 6.61 Å². The molecule has 0 heterocycles. The Morgan fingerprint density at radius 1 is 1.21 bits per heavy atom. The summed E-state index contributed by atoms with van der Waals surface area (Å²) in [5, 5.41) is 17.6. The van der Waals surface area contributed by atoms with E-state index in [-0.39, 0.29) is 17.3 Å². The Labute approximate surface area is 172 Å². The van der Waals surface area contributed by atoms with Gasteiger partial charge in [0.25, 0.3) is 11.6 Å². The van der Waals surface area contributed by atoms with Crippen molar-refractivity contribution in [3.8, 4) is 0 Å². The van der Waals surface area contributed by atoms with Crippen LogP contribution in [0.5, 0.6) is 0 Å². The number of amides is 1. The SMILES string of the molecule is O=C(COC(=O)c1ccc(NC2CC2)c([N+](=O)[O-])c1)NCCc1cccc(Cl)c1. The number of rotatable bonds is 9. The quantitative estimate of drug-likeness (QED) is 0.368. The minimum atomic E-state index is -0.795. The number of hydrogen-bond donors (Lipinski definition) is 2. The topological polar surface area (TPSA) is 111 Å². The number of nitro groups is 1. The van der Waals surface area contributed by atoms with Crippen molar-refractivity contribution in [1.29, 1.82) is 0 Å². The summed E-state index contributed by atoms with van der Waals surface area (Å²) in [5.74, 6) is -1.25. The van der Waals surface area contributed by atoms with Gasteiger partial charge in [0.05, 0.1) is 10.5 Å². The van der Waals surface area contributed by atoms with Gasteiger partial charge in [-0.2, -0.15) is 0 Å². The van der Waals surface area contributed by atoms with Gasteiger partial charge in [-0.25, -0.2) is 4.79 Å². The first kappa shape index (κ1) is 20.6. The van der Waals surface area contributed by atoms with Crippen LogP contribution in [-0.4, -0.2) is 36.0 Å². The highest BCUT2D eigenvalue weighted by atomic mass is 35.5. The number of carbonyl (C=O) groups is 2. The summed E-state index contributed by atoms with van der Waals surface area (Å²) in [6.45, 7) is -0.103. The second-order valence-electron chi connectivity index (χ2n) is 6.71. The number of carbonyl (C=O) groups excluding carboxylic acids is 2. The molecule has 1 fully saturated rings. The third-order valence-electron chi connectivity index (χ3n) is 4.33. The summed E-state index contributed by atoms with van der Waals surface area (Å²) in [5.41, 5.74) is 1.16. The van der Waals surface area contributed by atoms with E-state index in [2.05, 4.69) is 10.6 Å². The summed E-state index contributed by atoms with van der Waals surface area (Å²) in [7, 11) is 0. The number of anilines is 1. The first-order valence-corrected chi connectivity index (χ1v) is 9.53. The molecule has 2 aromatic rings. The van der Waals surface area contributed by atoms with Gasteiger partial charge >= 0.3 is 5.97 Å². The fourth-order valence-electron chi connectivity index (χ4n) is 2.68. The van der Waals surface area contributed by atoms with Gasteiger partial charge in [0.1, 0.15) is 5.69 Å². The molecule has 0 radical (unpaired) electrons. The molecule has 152 valence electrons. The van der Waals surface area contributed by atoms with E-state index in [9.17, 15) is 19.7 Å². The number of benzene rings is 2. The van der Waals surface area contributed by atoms with E-state index in [1.807, 2.05) is 18.2 Å². The van der Waals surface area contributed by atoms with Gasteiger partial charge in [-0.1, -0.05) is 23.7 Å². The Morgan fingerprint density at radius 3 is 2.69 bits per heavy atom. The highest BCUT2D eigenvalue weighted by Crippen LogP contribution is 2.31. The molecule has 2 aromatic carbocycles. The molecule has 0 atom stereocenters. The van der Waals surface area contributed by atoms with Gasteiger partial charge < -0.3 is 15.4 Å². The molecule has 0 aromatic heterocycles. The molecule has 9 heteroatoms. The minimum absolute atomic E-state index is 0.0183. The number of esters is 1. The van der Waals surface area contributed by atoms with Crippen LogP contribution in [0.2, 0.25) is 5.02 Å². The van der Waals surface area contributed by atoms with Gasteiger partial charge in [0.2, 0.25) is 0 Å². The maximum atomic E-state index is 12.1. The van der Waals surface area contributed by atoms with E-state index in [1.54, 1.807) is 6.07 Å². The first-order chi connectivity index (χ1) is 13.9. The Kier molecular flexibility index (Phi) is 6.66. The number of nitrogens with zero attached hydrogens (tertiary/aromatic N) is 1. The van der Waals surface area contributed by atoms with Crippen molar-refractivity contribution in [3.63, 3.8) is 0 Å². The van der Waals surface area contributed by atoms with Crippen molar-refractivity contribution < 1.29 is 19.2 Å². The van der Waals surface area contributed by atoms with Crippen LogP contribution in [0.25, 0.3) is 0 Å². The average molecular weight is 418 g/mol. The van der Waals surface area contributed by atoms with Gasteiger partial charge in [0, 0.05) is 23.7 Å². The van der Waals surface area contributed by atoms with Crippen LogP contribution in [0, 0.1) is 10.1 Å². The van der Waals surface area contributed by atoms with E-state index in [0.717, 1.165) is 24.5 Å². The van der Waals surface area contributed by atoms with E-state index >= 15 is 0 Å². The number of nitro benzene ring substituents is 1. The first-order valence-electron chi connectivity index (χ1n) is 9.15. The minimum Gasteiger partial charge on any atom is -0.452 e. The largest absolute Gasteiger partial charge is 0.452 e. The number of halogens is 1. The molecule has 0 unspecified atom stereocenters. The van der Waals surface area contributed by atoms with E-state index in [1.165, 1.54) is 12.1 Å². The Bertz CT molecular complexity index is 930. The molecule has 29 heavy (non-hydrogen) atoms. The predicted octanol–water partition coefficient (Wildman–Crippen LogP) is 3.34. The fraction of sp³-hybridized carbons (Fsp3) is 0.300. The summed E-state index contributed by atoms with van der Waals surface area (Å²) in [6, 6.07) is 11.6. The second kappa shape index (κ2) is 9.38. The summed E-state index contributed by atoms with van der Waals surface area (Å²) in [4.78, 5) is 34.7. The molecule has 0 spiro atoms. The zero-order chi connectivity index (χ0) is 20.8. The van der Waals surface area contributed by atoms with Crippen LogP contribution in [0.1, 0.15) is 28.8 Å². The van der Waals surface area contributed by atoms with Crippen LogP contribution < -0.4 is 10.6 Å². The summed E-state index contributed by atoms with van der Waals surface area (Å²) < 4.78 is 4.96. The molecule has 1 amide bonds. The van der Waals surface area contributed by atoms with Crippen LogP contribution in [0.4, 0.5) is 11.4 Å². The smallest absolute Gasteiger partial charge is 0.338 e. The van der Waals surface area contributed by atoms with Crippen molar-refractivity contribution in [2.75, 3.05) is 18.5 Å². The highest BCUT2D eigenvalue weighted by molar-refractivity contribution is 6.30. The monoisotopic (exact) mass is 417 g/mol. The fourth-order valence-corrected chi connectivity index (χ4v) is 2.90. The lowest BCUT2D eigenvalue weighted by Crippen LogP contribution is -2.30. The molecule has 3 rings (SSSR count). The average Bonchev–Trinajstić information content (AvgIpc) is 3.50. The van der Waals surface area contributed by atoms with Gasteiger partial charge in [-0.3, -0.25) is 14.9 Å². The molecule has 1 saturated carbocycles. The zero-order valence-electron chi connectivity index (χ0n) is 15.5. The van der Waals surface area contributed by atoms with Crippen LogP contribution in [0.3, 0.4) is 0 Å². The van der Waals surface area contributed by atoms with E-state index < -0.39 is 23.4 Å². The highest BCUT2D eigenvalue weighted by Gasteiger charge is 2.26. The molecule has 0 saturated heterocycles. The molecular weight excluding hydrogens is 398 g/mol. The Morgan fingerprint density at radius 2 is 2.00 bits per heavy atom. The molecule has 8 nitrogen and oxygen atoms in total. The number of nitrogens with one attached hydrogen (secondary N) is 2. The number of ether oxygens (including phenoxy) is 1. The second-order valence-corrected chi connectivity index (χ2v) is 7.15. The lowest BCUT2D eigenvalue weighted by atomic mass is 10.1. The maximum Gasteiger partial charge on any atom is 0.338 e. The predicted molar refractivity (Wildman–Crippen MR) is 108 cm³/mol. The Balaban J connectivity index is 1.48. The van der Waals surface area contributed by atoms with E-state index in [0.29, 0.717) is 23.7 Å². The molecule has 1 aliphatic rings. The maximum absolute atomic E-state index is 12.1. The van der Waals surface area contributed by atoms with Crippen molar-refractivity contribution >= 4 is 34.9 Å². The summed E-state index contributed by atoms with van der Waals surface area (Å²) >= 11 is 5.91. The van der Waals surface area contributed by atoms with Crippen LogP contribution in [0.15, 0.2) is 42.5 Å². The van der Waals surface area contributed by atoms with Gasteiger partial charge in [-0.15, -0.1) is 0 Å².